The van der Waals surface area contributed by atoms with Gasteiger partial charge in [0.25, 0.3) is 0 Å². The maximum Gasteiger partial charge on any atom is 0.408 e. The lowest BCUT2D eigenvalue weighted by Crippen LogP contribution is -2.46. The van der Waals surface area contributed by atoms with Crippen LogP contribution in [0.25, 0.3) is 11.1 Å². The number of alkyl carbamates (subject to hydrolysis) is 1. The average Bonchev–Trinajstić information content (AvgIpc) is 3.15. The first kappa shape index (κ1) is 23.0. The quantitative estimate of drug-likeness (QED) is 0.493. The largest absolute Gasteiger partial charge is 0.480 e. The van der Waals surface area contributed by atoms with Crippen LogP contribution in [0.3, 0.4) is 0 Å². The van der Waals surface area contributed by atoms with Gasteiger partial charge in [0.05, 0.1) is 0 Å². The third-order valence-electron chi connectivity index (χ3n) is 6.01. The molecule has 3 aromatic rings. The van der Waals surface area contributed by atoms with Crippen molar-refractivity contribution in [3.8, 4) is 11.1 Å². The topological polar surface area (TPSA) is 105 Å². The number of carboxylic acid groups (broad SMARTS) is 1. The molecule has 7 nitrogen and oxygen atoms in total. The molecule has 3 N–H and O–H groups in total. The Morgan fingerprint density at radius 2 is 1.44 bits per heavy atom. The molecule has 0 spiro atoms. The third-order valence-corrected chi connectivity index (χ3v) is 6.01. The van der Waals surface area contributed by atoms with Crippen LogP contribution in [-0.4, -0.2) is 35.7 Å². The molecule has 1 unspecified atom stereocenters. The predicted octanol–water partition coefficient (Wildman–Crippen LogP) is 4.16. The minimum Gasteiger partial charge on any atom is -0.480 e. The summed E-state index contributed by atoms with van der Waals surface area (Å²) in [6.45, 7) is 3.37. The zero-order chi connectivity index (χ0) is 24.2. The van der Waals surface area contributed by atoms with E-state index in [9.17, 15) is 14.4 Å². The molecule has 2 atom stereocenters. The minimum absolute atomic E-state index is 0.105. The summed E-state index contributed by atoms with van der Waals surface area (Å²) in [6, 6.07) is 20.9. The van der Waals surface area contributed by atoms with E-state index in [1.54, 1.807) is 12.1 Å². The molecular formula is C27H26N2O5. The van der Waals surface area contributed by atoms with Crippen LogP contribution >= 0.6 is 0 Å². The van der Waals surface area contributed by atoms with Crippen LogP contribution in [0.15, 0.2) is 72.8 Å². The third kappa shape index (κ3) is 4.78. The monoisotopic (exact) mass is 458 g/mol. The molecule has 2 amide bonds. The van der Waals surface area contributed by atoms with Crippen LogP contribution in [0.1, 0.15) is 41.1 Å². The summed E-state index contributed by atoms with van der Waals surface area (Å²) in [5, 5.41) is 14.2. The average molecular weight is 459 g/mol. The van der Waals surface area contributed by atoms with Gasteiger partial charge in [-0.15, -0.1) is 0 Å². The van der Waals surface area contributed by atoms with Crippen molar-refractivity contribution in [1.82, 2.24) is 10.6 Å². The number of aliphatic carboxylic acids is 1. The fraction of sp³-hybridized carbons (Fsp3) is 0.222. The Bertz CT molecular complexity index is 1180. The molecule has 1 aliphatic carbocycles. The number of carbonyl (C=O) groups is 3. The van der Waals surface area contributed by atoms with Gasteiger partial charge in [0.15, 0.2) is 0 Å². The number of benzene rings is 3. The van der Waals surface area contributed by atoms with Crippen LogP contribution in [0.2, 0.25) is 0 Å². The van der Waals surface area contributed by atoms with Crippen molar-refractivity contribution in [1.29, 1.82) is 0 Å². The molecule has 0 saturated carbocycles. The van der Waals surface area contributed by atoms with Crippen molar-refractivity contribution < 1.29 is 24.2 Å². The Balaban J connectivity index is 1.49. The highest BCUT2D eigenvalue weighted by molar-refractivity contribution is 5.90. The summed E-state index contributed by atoms with van der Waals surface area (Å²) in [4.78, 5) is 36.8. The molecule has 0 saturated heterocycles. The molecule has 0 fully saturated rings. The zero-order valence-corrected chi connectivity index (χ0v) is 18.9. The highest BCUT2D eigenvalue weighted by Gasteiger charge is 2.30. The van der Waals surface area contributed by atoms with Crippen molar-refractivity contribution in [3.63, 3.8) is 0 Å². The number of amides is 2. The number of nitrogens with one attached hydrogen (secondary N) is 2. The first-order chi connectivity index (χ1) is 16.3. The number of carboxylic acids is 1. The van der Waals surface area contributed by atoms with Crippen LogP contribution < -0.4 is 10.6 Å². The van der Waals surface area contributed by atoms with Gasteiger partial charge in [-0.3, -0.25) is 9.59 Å². The van der Waals surface area contributed by atoms with E-state index in [2.05, 4.69) is 22.8 Å². The molecule has 7 heteroatoms. The van der Waals surface area contributed by atoms with Crippen LogP contribution in [0, 0.1) is 6.92 Å². The van der Waals surface area contributed by atoms with Crippen LogP contribution in [-0.2, 0) is 14.3 Å². The standard InChI is InChI=1S/C27H26N2O5/c1-16-11-13-18(14-12-16)24(25(30)28-17(2)26(31)32)29-27(33)34-15-23-21-9-5-3-7-19(21)20-8-4-6-10-22(20)23/h3-14,17,23-24H,15H2,1-2H3,(H,28,30)(H,29,33)(H,31,32)/t17-,24?/m1/s1. The van der Waals surface area contributed by atoms with Crippen molar-refractivity contribution in [2.75, 3.05) is 6.61 Å². The van der Waals surface area contributed by atoms with E-state index in [1.165, 1.54) is 6.92 Å². The van der Waals surface area contributed by atoms with Gasteiger partial charge >= 0.3 is 12.1 Å². The Kier molecular flexibility index (Phi) is 6.63. The minimum atomic E-state index is -1.17. The summed E-state index contributed by atoms with van der Waals surface area (Å²) >= 11 is 0. The highest BCUT2D eigenvalue weighted by atomic mass is 16.5. The van der Waals surface area contributed by atoms with E-state index in [4.69, 9.17) is 9.84 Å². The van der Waals surface area contributed by atoms with E-state index in [1.807, 2.05) is 55.5 Å². The fourth-order valence-corrected chi connectivity index (χ4v) is 4.18. The molecule has 1 aliphatic rings. The Labute approximate surface area is 197 Å². The second-order valence-electron chi connectivity index (χ2n) is 8.38. The second-order valence-corrected chi connectivity index (χ2v) is 8.38. The number of fused-ring (bicyclic) bond motifs is 3. The first-order valence-electron chi connectivity index (χ1n) is 11.1. The number of aryl methyl sites for hydroxylation is 1. The van der Waals surface area contributed by atoms with E-state index < -0.39 is 30.1 Å². The van der Waals surface area contributed by atoms with Gasteiger partial charge in [-0.1, -0.05) is 78.4 Å². The number of rotatable bonds is 7. The summed E-state index contributed by atoms with van der Waals surface area (Å²) in [5.74, 6) is -1.92. The van der Waals surface area contributed by atoms with Crippen molar-refractivity contribution in [3.05, 3.63) is 95.1 Å². The molecule has 34 heavy (non-hydrogen) atoms. The second kappa shape index (κ2) is 9.79. The summed E-state index contributed by atoms with van der Waals surface area (Å²) < 4.78 is 5.57. The Hall–Kier alpha value is -4.13. The smallest absolute Gasteiger partial charge is 0.408 e. The molecule has 3 aromatic carbocycles. The number of hydrogen-bond donors (Lipinski definition) is 3. The van der Waals surface area contributed by atoms with E-state index in [0.717, 1.165) is 27.8 Å². The number of ether oxygens (including phenoxy) is 1. The first-order valence-corrected chi connectivity index (χ1v) is 11.1. The Morgan fingerprint density at radius 3 is 2.00 bits per heavy atom. The van der Waals surface area contributed by atoms with Crippen molar-refractivity contribution in [2.24, 2.45) is 0 Å². The van der Waals surface area contributed by atoms with Crippen LogP contribution in [0.4, 0.5) is 4.79 Å². The lowest BCUT2D eigenvalue weighted by atomic mass is 9.98. The molecule has 0 aromatic heterocycles. The SMILES string of the molecule is Cc1ccc(C(NC(=O)OCC2c3ccccc3-c3ccccc32)C(=O)N[C@H](C)C(=O)O)cc1. The Morgan fingerprint density at radius 1 is 0.882 bits per heavy atom. The molecule has 4 rings (SSSR count). The normalized spacial score (nSPS) is 13.8. The molecule has 174 valence electrons. The number of carbonyl (C=O) groups excluding carboxylic acids is 2. The van der Waals surface area contributed by atoms with E-state index in [0.29, 0.717) is 5.56 Å². The van der Waals surface area contributed by atoms with E-state index in [-0.39, 0.29) is 12.5 Å². The zero-order valence-electron chi connectivity index (χ0n) is 18.9. The van der Waals surface area contributed by atoms with Gasteiger partial charge in [-0.05, 0) is 41.7 Å². The molecule has 0 heterocycles. The molecule has 0 aliphatic heterocycles. The summed E-state index contributed by atoms with van der Waals surface area (Å²) in [7, 11) is 0. The van der Waals surface area contributed by atoms with Gasteiger partial charge in [0, 0.05) is 5.92 Å². The van der Waals surface area contributed by atoms with E-state index >= 15 is 0 Å². The predicted molar refractivity (Wildman–Crippen MR) is 127 cm³/mol. The van der Waals surface area contributed by atoms with Crippen molar-refractivity contribution in [2.45, 2.75) is 31.8 Å². The van der Waals surface area contributed by atoms with Gasteiger partial charge in [-0.25, -0.2) is 4.79 Å². The number of hydrogen-bond acceptors (Lipinski definition) is 4. The van der Waals surface area contributed by atoms with Crippen molar-refractivity contribution >= 4 is 18.0 Å². The molecular weight excluding hydrogens is 432 g/mol. The van der Waals surface area contributed by atoms with Gasteiger partial charge in [0.1, 0.15) is 18.7 Å². The highest BCUT2D eigenvalue weighted by Crippen LogP contribution is 2.44. The van der Waals surface area contributed by atoms with Gasteiger partial charge in [0.2, 0.25) is 5.91 Å². The molecule has 0 bridgehead atoms. The summed E-state index contributed by atoms with van der Waals surface area (Å²) in [5.41, 5.74) is 5.91. The maximum absolute atomic E-state index is 12.8. The lowest BCUT2D eigenvalue weighted by molar-refractivity contribution is -0.141. The van der Waals surface area contributed by atoms with Gasteiger partial charge < -0.3 is 20.5 Å². The lowest BCUT2D eigenvalue weighted by Gasteiger charge is -2.21. The summed E-state index contributed by atoms with van der Waals surface area (Å²) in [6.07, 6.45) is -0.759. The van der Waals surface area contributed by atoms with Crippen LogP contribution in [0.5, 0.6) is 0 Å². The fourth-order valence-electron chi connectivity index (χ4n) is 4.18. The van der Waals surface area contributed by atoms with Gasteiger partial charge in [-0.2, -0.15) is 0 Å². The molecule has 0 radical (unpaired) electrons. The maximum atomic E-state index is 12.8.